The average Bonchev–Trinajstić information content (AvgIpc) is 3.34. The molecule has 1 aromatic heterocycles. The third kappa shape index (κ3) is 3.12. The minimum Gasteiger partial charge on any atom is -0.367 e. The Hall–Kier alpha value is -3.17. The predicted molar refractivity (Wildman–Crippen MR) is 123 cm³/mol. The van der Waals surface area contributed by atoms with Crippen molar-refractivity contribution in [3.63, 3.8) is 0 Å². The maximum atomic E-state index is 12.6. The van der Waals surface area contributed by atoms with Crippen LogP contribution in [0.15, 0.2) is 30.3 Å². The summed E-state index contributed by atoms with van der Waals surface area (Å²) in [7, 11) is 0. The van der Waals surface area contributed by atoms with E-state index in [4.69, 9.17) is 17.3 Å². The second kappa shape index (κ2) is 7.51. The zero-order chi connectivity index (χ0) is 21.7. The predicted octanol–water partition coefficient (Wildman–Crippen LogP) is 3.52. The topological polar surface area (TPSA) is 82.4 Å². The molecule has 0 radical (unpaired) electrons. The number of amides is 2. The van der Waals surface area contributed by atoms with E-state index in [2.05, 4.69) is 21.7 Å². The number of nitrogens with one attached hydrogen (secondary N) is 1. The van der Waals surface area contributed by atoms with Gasteiger partial charge in [-0.15, -0.1) is 0 Å². The van der Waals surface area contributed by atoms with Crippen LogP contribution in [0, 0.1) is 17.8 Å². The van der Waals surface area contributed by atoms with E-state index in [9.17, 15) is 9.59 Å². The molecule has 2 aliphatic heterocycles. The van der Waals surface area contributed by atoms with Crippen LogP contribution in [0.4, 0.5) is 5.69 Å². The Morgan fingerprint density at radius 2 is 2.06 bits per heavy atom. The molecule has 0 unspecified atom stereocenters. The van der Waals surface area contributed by atoms with Crippen molar-refractivity contribution in [3.05, 3.63) is 40.9 Å². The van der Waals surface area contributed by atoms with Crippen LogP contribution in [0.3, 0.4) is 0 Å². The molecule has 7 heteroatoms. The van der Waals surface area contributed by atoms with E-state index in [1.807, 2.05) is 29.2 Å². The number of primary amides is 1. The molecule has 5 rings (SSSR count). The van der Waals surface area contributed by atoms with Gasteiger partial charge in [0.25, 0.3) is 11.8 Å². The number of anilines is 1. The van der Waals surface area contributed by atoms with Gasteiger partial charge in [-0.2, -0.15) is 0 Å². The number of piperidine rings is 1. The zero-order valence-electron chi connectivity index (χ0n) is 17.2. The van der Waals surface area contributed by atoms with Gasteiger partial charge >= 0.3 is 0 Å². The molecule has 6 nitrogen and oxygen atoms in total. The fourth-order valence-corrected chi connectivity index (χ4v) is 5.60. The van der Waals surface area contributed by atoms with Crippen LogP contribution in [0.25, 0.3) is 21.8 Å². The van der Waals surface area contributed by atoms with Crippen LogP contribution >= 0.6 is 11.6 Å². The highest BCUT2D eigenvalue weighted by molar-refractivity contribution is 6.37. The molecule has 3 N–H and O–H groups in total. The van der Waals surface area contributed by atoms with Crippen molar-refractivity contribution >= 4 is 50.9 Å². The van der Waals surface area contributed by atoms with Crippen molar-refractivity contribution < 1.29 is 9.59 Å². The highest BCUT2D eigenvalue weighted by atomic mass is 35.5. The van der Waals surface area contributed by atoms with E-state index in [0.717, 1.165) is 47.9 Å². The van der Waals surface area contributed by atoms with Gasteiger partial charge in [0.2, 0.25) is 0 Å². The number of nitrogens with zero attached hydrogens (tertiary/aromatic N) is 2. The number of nitrogens with two attached hydrogens (primary N) is 1. The monoisotopic (exact) mass is 434 g/mol. The molecule has 0 bridgehead atoms. The van der Waals surface area contributed by atoms with Gasteiger partial charge in [0.05, 0.1) is 27.8 Å². The number of likely N-dealkylation sites (tertiary alicyclic amines) is 1. The van der Waals surface area contributed by atoms with Gasteiger partial charge in [-0.05, 0) is 43.7 Å². The molecule has 158 valence electrons. The standard InChI is InChI=1S/C24H23ClN4O2/c1-2-6-20(30)29-10-5-7-14-12-28(13-19(14)29)23-17(25)11-16(24(26)31)22-21(23)15-8-3-4-9-18(15)27-22/h3-4,8-9,11,14,19,27H,5,7,10,12-13H2,1H3,(H2,26,31)/t14-,19+/m0/s1. The first-order chi connectivity index (χ1) is 15.0. The molecule has 2 atom stereocenters. The zero-order valence-corrected chi connectivity index (χ0v) is 18.0. The average molecular weight is 435 g/mol. The summed E-state index contributed by atoms with van der Waals surface area (Å²) in [6.45, 7) is 3.91. The molecule has 2 amide bonds. The van der Waals surface area contributed by atoms with Gasteiger partial charge in [-0.25, -0.2) is 0 Å². The van der Waals surface area contributed by atoms with Gasteiger partial charge in [0.1, 0.15) is 0 Å². The number of hydrogen-bond donors (Lipinski definition) is 2. The molecule has 2 aliphatic rings. The fraction of sp³-hybridized carbons (Fsp3) is 0.333. The Bertz CT molecular complexity index is 1290. The first-order valence-electron chi connectivity index (χ1n) is 10.5. The van der Waals surface area contributed by atoms with Crippen LogP contribution in [0.1, 0.15) is 30.1 Å². The summed E-state index contributed by atoms with van der Waals surface area (Å²) in [4.78, 5) is 32.2. The van der Waals surface area contributed by atoms with Crippen molar-refractivity contribution in [2.45, 2.75) is 25.8 Å². The molecule has 0 aliphatic carbocycles. The number of para-hydroxylation sites is 1. The summed E-state index contributed by atoms with van der Waals surface area (Å²) in [5.41, 5.74) is 8.56. The summed E-state index contributed by atoms with van der Waals surface area (Å²) in [5.74, 6) is 5.17. The van der Waals surface area contributed by atoms with Crippen molar-refractivity contribution in [2.24, 2.45) is 11.7 Å². The minimum atomic E-state index is -0.519. The maximum Gasteiger partial charge on any atom is 0.298 e. The molecule has 3 aromatic rings. The maximum absolute atomic E-state index is 12.6. The van der Waals surface area contributed by atoms with Crippen molar-refractivity contribution in [1.29, 1.82) is 0 Å². The van der Waals surface area contributed by atoms with Crippen LogP contribution in [-0.4, -0.2) is 47.4 Å². The molecule has 0 spiro atoms. The Labute approximate surface area is 185 Å². The highest BCUT2D eigenvalue weighted by Gasteiger charge is 2.42. The summed E-state index contributed by atoms with van der Waals surface area (Å²) in [6, 6.07) is 9.68. The molecule has 2 aromatic carbocycles. The van der Waals surface area contributed by atoms with Crippen LogP contribution in [0.2, 0.25) is 5.02 Å². The number of carbonyl (C=O) groups excluding carboxylic acids is 2. The normalized spacial score (nSPS) is 20.6. The number of fused-ring (bicyclic) bond motifs is 4. The first kappa shape index (κ1) is 19.8. The number of carbonyl (C=O) groups is 2. The minimum absolute atomic E-state index is 0.105. The lowest BCUT2D eigenvalue weighted by molar-refractivity contribution is -0.129. The Balaban J connectivity index is 1.65. The SMILES string of the molecule is CC#CC(=O)N1CCC[C@H]2CN(c3c(Cl)cc(C(N)=O)c4[nH]c5ccccc5c34)C[C@H]21. The van der Waals surface area contributed by atoms with E-state index in [0.29, 0.717) is 28.6 Å². The second-order valence-electron chi connectivity index (χ2n) is 8.29. The third-order valence-corrected chi connectivity index (χ3v) is 6.85. The Morgan fingerprint density at radius 1 is 1.26 bits per heavy atom. The smallest absolute Gasteiger partial charge is 0.298 e. The van der Waals surface area contributed by atoms with E-state index in [1.165, 1.54) is 0 Å². The first-order valence-corrected chi connectivity index (χ1v) is 10.9. The molecular weight excluding hydrogens is 412 g/mol. The molecule has 2 fully saturated rings. The lowest BCUT2D eigenvalue weighted by Gasteiger charge is -2.35. The number of hydrogen-bond acceptors (Lipinski definition) is 3. The third-order valence-electron chi connectivity index (χ3n) is 6.56. The Kier molecular flexibility index (Phi) is 4.79. The van der Waals surface area contributed by atoms with Crippen LogP contribution in [0.5, 0.6) is 0 Å². The van der Waals surface area contributed by atoms with E-state index in [1.54, 1.807) is 13.0 Å². The van der Waals surface area contributed by atoms with Gasteiger partial charge in [0, 0.05) is 35.9 Å². The highest BCUT2D eigenvalue weighted by Crippen LogP contribution is 2.44. The van der Waals surface area contributed by atoms with Gasteiger partial charge in [0.15, 0.2) is 0 Å². The van der Waals surface area contributed by atoms with Crippen LogP contribution in [-0.2, 0) is 4.79 Å². The van der Waals surface area contributed by atoms with Crippen molar-refractivity contribution in [3.8, 4) is 11.8 Å². The largest absolute Gasteiger partial charge is 0.367 e. The number of rotatable bonds is 2. The Morgan fingerprint density at radius 3 is 2.84 bits per heavy atom. The quantitative estimate of drug-likeness (QED) is 0.605. The molecule has 0 saturated carbocycles. The van der Waals surface area contributed by atoms with Crippen molar-refractivity contribution in [2.75, 3.05) is 24.5 Å². The van der Waals surface area contributed by atoms with E-state index in [-0.39, 0.29) is 11.9 Å². The van der Waals surface area contributed by atoms with E-state index < -0.39 is 5.91 Å². The lowest BCUT2D eigenvalue weighted by Crippen LogP contribution is -2.48. The summed E-state index contributed by atoms with van der Waals surface area (Å²) in [5, 5.41) is 2.40. The second-order valence-corrected chi connectivity index (χ2v) is 8.69. The summed E-state index contributed by atoms with van der Waals surface area (Å²) in [6.07, 6.45) is 2.04. The van der Waals surface area contributed by atoms with Gasteiger partial charge in [-0.1, -0.05) is 35.7 Å². The number of benzene rings is 2. The van der Waals surface area contributed by atoms with Gasteiger partial charge in [-0.3, -0.25) is 9.59 Å². The molecule has 31 heavy (non-hydrogen) atoms. The molecule has 2 saturated heterocycles. The van der Waals surface area contributed by atoms with Crippen molar-refractivity contribution in [1.82, 2.24) is 9.88 Å². The number of halogens is 1. The molecule has 3 heterocycles. The number of aromatic nitrogens is 1. The lowest BCUT2D eigenvalue weighted by atomic mass is 9.92. The summed E-state index contributed by atoms with van der Waals surface area (Å²) >= 11 is 6.77. The summed E-state index contributed by atoms with van der Waals surface area (Å²) < 4.78 is 0. The van der Waals surface area contributed by atoms with E-state index >= 15 is 0 Å². The van der Waals surface area contributed by atoms with Crippen LogP contribution < -0.4 is 10.6 Å². The number of aromatic amines is 1. The van der Waals surface area contributed by atoms with Gasteiger partial charge < -0.3 is 20.5 Å². The molecular formula is C24H23ClN4O2. The fourth-order valence-electron chi connectivity index (χ4n) is 5.27. The number of H-pyrrole nitrogens is 1.